The Bertz CT molecular complexity index is 759. The molecule has 0 spiro atoms. The van der Waals surface area contributed by atoms with Crippen LogP contribution < -0.4 is 5.32 Å². The van der Waals surface area contributed by atoms with Gasteiger partial charge in [0.2, 0.25) is 0 Å². The molecule has 4 fully saturated rings. The molecule has 1 atom stereocenters. The number of fused-ring (bicyclic) bond motifs is 4. The highest BCUT2D eigenvalue weighted by molar-refractivity contribution is 7.18. The van der Waals surface area contributed by atoms with Gasteiger partial charge in [-0.05, 0) is 62.9 Å². The van der Waals surface area contributed by atoms with E-state index in [1.165, 1.54) is 43.8 Å². The number of amides is 1. The van der Waals surface area contributed by atoms with Gasteiger partial charge >= 0.3 is 0 Å². The molecule has 1 amide bonds. The lowest BCUT2D eigenvalue weighted by Crippen LogP contribution is -2.57. The Hall–Kier alpha value is -1.46. The van der Waals surface area contributed by atoms with Gasteiger partial charge in [-0.3, -0.25) is 4.79 Å². The van der Waals surface area contributed by atoms with Crippen molar-refractivity contribution in [2.75, 3.05) is 19.6 Å². The molecule has 3 saturated heterocycles. The molecule has 1 saturated carbocycles. The smallest absolute Gasteiger partial charge is 0.251 e. The minimum Gasteiger partial charge on any atom is -0.348 e. The summed E-state index contributed by atoms with van der Waals surface area (Å²) in [7, 11) is 0. The molecule has 5 heteroatoms. The van der Waals surface area contributed by atoms with Crippen molar-refractivity contribution in [3.05, 3.63) is 28.8 Å². The number of benzene rings is 1. The Morgan fingerprint density at radius 1 is 1.22 bits per heavy atom. The van der Waals surface area contributed by atoms with Crippen molar-refractivity contribution in [2.45, 2.75) is 37.6 Å². The van der Waals surface area contributed by atoms with Crippen LogP contribution in [-0.4, -0.2) is 41.5 Å². The third-order valence-electron chi connectivity index (χ3n) is 5.57. The SMILES string of the molecule is O=C(NC1CN2CCC1CC2)c1ccc2nc(C3CC3)sc2c1. The molecular formula is C18H21N3OS. The molecule has 2 bridgehead atoms. The summed E-state index contributed by atoms with van der Waals surface area (Å²) in [6.07, 6.45) is 4.99. The molecule has 1 aromatic heterocycles. The first-order valence-corrected chi connectivity index (χ1v) is 9.51. The van der Waals surface area contributed by atoms with E-state index in [1.807, 2.05) is 18.2 Å². The fourth-order valence-corrected chi connectivity index (χ4v) is 5.14. The van der Waals surface area contributed by atoms with E-state index in [2.05, 4.69) is 10.2 Å². The summed E-state index contributed by atoms with van der Waals surface area (Å²) in [4.78, 5) is 19.8. The second-order valence-corrected chi connectivity index (χ2v) is 8.29. The van der Waals surface area contributed by atoms with E-state index in [0.29, 0.717) is 17.9 Å². The van der Waals surface area contributed by atoms with Crippen LogP contribution in [0.1, 0.15) is 47.0 Å². The fourth-order valence-electron chi connectivity index (χ4n) is 3.97. The van der Waals surface area contributed by atoms with E-state index >= 15 is 0 Å². The van der Waals surface area contributed by atoms with Gasteiger partial charge in [0.05, 0.1) is 15.2 Å². The predicted octanol–water partition coefficient (Wildman–Crippen LogP) is 3.00. The topological polar surface area (TPSA) is 45.2 Å². The number of hydrogen-bond acceptors (Lipinski definition) is 4. The van der Waals surface area contributed by atoms with Crippen molar-refractivity contribution in [1.29, 1.82) is 0 Å². The van der Waals surface area contributed by atoms with Gasteiger partial charge in [-0.2, -0.15) is 0 Å². The predicted molar refractivity (Wildman–Crippen MR) is 92.0 cm³/mol. The monoisotopic (exact) mass is 327 g/mol. The van der Waals surface area contributed by atoms with Crippen LogP contribution in [-0.2, 0) is 0 Å². The molecule has 4 heterocycles. The number of hydrogen-bond donors (Lipinski definition) is 1. The Morgan fingerprint density at radius 3 is 2.74 bits per heavy atom. The average molecular weight is 327 g/mol. The van der Waals surface area contributed by atoms with Gasteiger partial charge in [0.25, 0.3) is 5.91 Å². The van der Waals surface area contributed by atoms with E-state index in [-0.39, 0.29) is 5.91 Å². The lowest BCUT2D eigenvalue weighted by atomic mass is 9.84. The van der Waals surface area contributed by atoms with Crippen LogP contribution in [0.15, 0.2) is 18.2 Å². The molecule has 2 aromatic rings. The van der Waals surface area contributed by atoms with Gasteiger partial charge in [-0.15, -0.1) is 11.3 Å². The Morgan fingerprint density at radius 2 is 2.04 bits per heavy atom. The van der Waals surface area contributed by atoms with Gasteiger partial charge < -0.3 is 10.2 Å². The summed E-state index contributed by atoms with van der Waals surface area (Å²) in [5, 5.41) is 4.52. The maximum atomic E-state index is 12.6. The van der Waals surface area contributed by atoms with Gasteiger partial charge in [-0.25, -0.2) is 4.98 Å². The van der Waals surface area contributed by atoms with E-state index in [0.717, 1.165) is 22.3 Å². The molecule has 1 unspecified atom stereocenters. The van der Waals surface area contributed by atoms with Crippen LogP contribution in [0.3, 0.4) is 0 Å². The second-order valence-electron chi connectivity index (χ2n) is 7.23. The van der Waals surface area contributed by atoms with Crippen molar-refractivity contribution in [2.24, 2.45) is 5.92 Å². The number of aromatic nitrogens is 1. The molecule has 6 rings (SSSR count). The molecule has 1 aromatic carbocycles. The molecule has 23 heavy (non-hydrogen) atoms. The van der Waals surface area contributed by atoms with E-state index in [9.17, 15) is 4.79 Å². The number of thiazole rings is 1. The number of nitrogens with one attached hydrogen (secondary N) is 1. The third kappa shape index (κ3) is 2.56. The normalized spacial score (nSPS) is 29.8. The largest absolute Gasteiger partial charge is 0.348 e. The van der Waals surface area contributed by atoms with Crippen LogP contribution >= 0.6 is 11.3 Å². The van der Waals surface area contributed by atoms with Crippen LogP contribution in [0, 0.1) is 5.92 Å². The molecular weight excluding hydrogens is 306 g/mol. The number of rotatable bonds is 3. The lowest BCUT2D eigenvalue weighted by molar-refractivity contribution is 0.0620. The third-order valence-corrected chi connectivity index (χ3v) is 6.75. The average Bonchev–Trinajstić information content (AvgIpc) is 3.35. The maximum absolute atomic E-state index is 12.6. The number of piperidine rings is 3. The van der Waals surface area contributed by atoms with Crippen molar-refractivity contribution < 1.29 is 4.79 Å². The summed E-state index contributed by atoms with van der Waals surface area (Å²) in [5.74, 6) is 1.42. The number of carbonyl (C=O) groups is 1. The first-order chi connectivity index (χ1) is 11.3. The summed E-state index contributed by atoms with van der Waals surface area (Å²) in [5.41, 5.74) is 1.82. The highest BCUT2D eigenvalue weighted by Gasteiger charge is 2.35. The van der Waals surface area contributed by atoms with Crippen molar-refractivity contribution >= 4 is 27.5 Å². The first-order valence-electron chi connectivity index (χ1n) is 8.70. The van der Waals surface area contributed by atoms with Crippen molar-refractivity contribution in [1.82, 2.24) is 15.2 Å². The van der Waals surface area contributed by atoms with Crippen LogP contribution in [0.25, 0.3) is 10.2 Å². The number of nitrogens with zero attached hydrogens (tertiary/aromatic N) is 2. The molecule has 3 aliphatic heterocycles. The Kier molecular flexibility index (Phi) is 3.20. The quantitative estimate of drug-likeness (QED) is 0.942. The van der Waals surface area contributed by atoms with E-state index in [4.69, 9.17) is 4.98 Å². The zero-order chi connectivity index (χ0) is 15.4. The molecule has 4 aliphatic rings. The summed E-state index contributed by atoms with van der Waals surface area (Å²) in [6, 6.07) is 6.28. The van der Waals surface area contributed by atoms with Crippen LogP contribution in [0.4, 0.5) is 0 Å². The maximum Gasteiger partial charge on any atom is 0.251 e. The van der Waals surface area contributed by atoms with Gasteiger partial charge in [-0.1, -0.05) is 0 Å². The van der Waals surface area contributed by atoms with E-state index < -0.39 is 0 Å². The van der Waals surface area contributed by atoms with Gasteiger partial charge in [0, 0.05) is 24.1 Å². The van der Waals surface area contributed by atoms with Crippen LogP contribution in [0.2, 0.25) is 0 Å². The Labute approximate surface area is 139 Å². The highest BCUT2D eigenvalue weighted by atomic mass is 32.1. The minimum atomic E-state index is 0.0759. The molecule has 1 N–H and O–H groups in total. The van der Waals surface area contributed by atoms with Gasteiger partial charge in [0.15, 0.2) is 0 Å². The lowest BCUT2D eigenvalue weighted by Gasteiger charge is -2.44. The molecule has 1 aliphatic carbocycles. The summed E-state index contributed by atoms with van der Waals surface area (Å²) >= 11 is 1.76. The fraction of sp³-hybridized carbons (Fsp3) is 0.556. The Balaban J connectivity index is 1.35. The van der Waals surface area contributed by atoms with Gasteiger partial charge in [0.1, 0.15) is 0 Å². The summed E-state index contributed by atoms with van der Waals surface area (Å²) in [6.45, 7) is 3.42. The number of carbonyl (C=O) groups excluding carboxylic acids is 1. The first kappa shape index (κ1) is 13.9. The molecule has 0 radical (unpaired) electrons. The zero-order valence-electron chi connectivity index (χ0n) is 13.1. The summed E-state index contributed by atoms with van der Waals surface area (Å²) < 4.78 is 1.15. The highest BCUT2D eigenvalue weighted by Crippen LogP contribution is 2.43. The standard InChI is InChI=1S/C18H21N3OS/c22-17(19-15-10-21-7-5-11(15)6-8-21)13-3-4-14-16(9-13)23-18(20-14)12-1-2-12/h3-4,9,11-12,15H,1-2,5-8,10H2,(H,19,22). The van der Waals surface area contributed by atoms with Crippen molar-refractivity contribution in [3.63, 3.8) is 0 Å². The minimum absolute atomic E-state index is 0.0759. The second kappa shape index (κ2) is 5.28. The molecule has 120 valence electrons. The van der Waals surface area contributed by atoms with Crippen LogP contribution in [0.5, 0.6) is 0 Å². The zero-order valence-corrected chi connectivity index (χ0v) is 13.9. The molecule has 4 nitrogen and oxygen atoms in total. The van der Waals surface area contributed by atoms with Crippen molar-refractivity contribution in [3.8, 4) is 0 Å². The van der Waals surface area contributed by atoms with E-state index in [1.54, 1.807) is 11.3 Å².